The van der Waals surface area contributed by atoms with Crippen LogP contribution in [0.2, 0.25) is 0 Å². The fourth-order valence-electron chi connectivity index (χ4n) is 3.56. The van der Waals surface area contributed by atoms with Crippen LogP contribution in [0, 0.1) is 10.1 Å². The van der Waals surface area contributed by atoms with E-state index in [1.807, 2.05) is 30.3 Å². The summed E-state index contributed by atoms with van der Waals surface area (Å²) in [4.78, 5) is 22.9. The number of nitrogens with zero attached hydrogens (tertiary/aromatic N) is 2. The fourth-order valence-corrected chi connectivity index (χ4v) is 3.56. The number of hydrogen-bond donors (Lipinski definition) is 1. The molecule has 0 spiro atoms. The Morgan fingerprint density at radius 2 is 1.66 bits per heavy atom. The number of halogens is 3. The predicted octanol–water partition coefficient (Wildman–Crippen LogP) is 6.76. The molecule has 0 unspecified atom stereocenters. The number of carbonyl (C=O) groups excluding carboxylic acids is 1. The van der Waals surface area contributed by atoms with Crippen LogP contribution in [0.5, 0.6) is 23.0 Å². The first-order chi connectivity index (χ1) is 19.6. The van der Waals surface area contributed by atoms with Gasteiger partial charge in [0, 0.05) is 11.6 Å². The van der Waals surface area contributed by atoms with E-state index in [0.717, 1.165) is 11.6 Å². The Morgan fingerprint density at radius 3 is 2.32 bits per heavy atom. The van der Waals surface area contributed by atoms with Gasteiger partial charge >= 0.3 is 11.9 Å². The zero-order valence-electron chi connectivity index (χ0n) is 21.4. The molecule has 0 heterocycles. The molecule has 0 radical (unpaired) electrons. The zero-order valence-corrected chi connectivity index (χ0v) is 21.4. The fraction of sp³-hybridized carbons (Fsp3) is 0.103. The zero-order chi connectivity index (χ0) is 29.4. The van der Waals surface area contributed by atoms with Gasteiger partial charge in [-0.05, 0) is 65.7 Å². The number of nitro groups is 1. The number of nitro benzene ring substituents is 1. The molecule has 0 atom stereocenters. The van der Waals surface area contributed by atoms with Gasteiger partial charge in [-0.2, -0.15) is 18.3 Å². The van der Waals surface area contributed by atoms with E-state index in [1.54, 1.807) is 24.3 Å². The molecule has 1 amide bonds. The van der Waals surface area contributed by atoms with Crippen LogP contribution in [0.25, 0.3) is 0 Å². The van der Waals surface area contributed by atoms with Gasteiger partial charge in [-0.25, -0.2) is 5.43 Å². The first-order valence-corrected chi connectivity index (χ1v) is 12.0. The van der Waals surface area contributed by atoms with Crippen LogP contribution in [0.1, 0.15) is 27.0 Å². The minimum atomic E-state index is -4.73. The number of rotatable bonds is 10. The van der Waals surface area contributed by atoms with E-state index in [0.29, 0.717) is 35.8 Å². The molecule has 4 aromatic carbocycles. The van der Waals surface area contributed by atoms with Gasteiger partial charge in [0.1, 0.15) is 12.4 Å². The smallest absolute Gasteiger partial charge is 0.416 e. The minimum absolute atomic E-state index is 0.149. The van der Waals surface area contributed by atoms with E-state index in [1.165, 1.54) is 31.5 Å². The van der Waals surface area contributed by atoms with Crippen molar-refractivity contribution >= 4 is 17.8 Å². The van der Waals surface area contributed by atoms with Crippen molar-refractivity contribution in [1.29, 1.82) is 0 Å². The molecular weight excluding hydrogens is 543 g/mol. The molecule has 0 aliphatic carbocycles. The van der Waals surface area contributed by atoms with Gasteiger partial charge in [-0.1, -0.05) is 30.3 Å². The molecule has 0 aliphatic heterocycles. The molecule has 41 heavy (non-hydrogen) atoms. The number of hydrogen-bond acceptors (Lipinski definition) is 7. The topological polar surface area (TPSA) is 112 Å². The van der Waals surface area contributed by atoms with Crippen molar-refractivity contribution < 1.29 is 37.1 Å². The highest BCUT2D eigenvalue weighted by atomic mass is 19.4. The SMILES string of the molecule is COc1cc(C(=O)N/N=C/c2ccc(Oc3ccc(C(F)(F)F)cc3[N+](=O)[O-])cc2)ccc1OCc1ccccc1. The maximum atomic E-state index is 12.9. The largest absolute Gasteiger partial charge is 0.493 e. The Bertz CT molecular complexity index is 1560. The van der Waals surface area contributed by atoms with Crippen molar-refractivity contribution in [2.45, 2.75) is 12.8 Å². The number of amides is 1. The Balaban J connectivity index is 1.36. The molecule has 1 N–H and O–H groups in total. The van der Waals surface area contributed by atoms with Crippen LogP contribution in [0.15, 0.2) is 96.1 Å². The number of carbonyl (C=O) groups is 1. The Labute approximate surface area is 231 Å². The second-order valence-corrected chi connectivity index (χ2v) is 8.45. The molecule has 0 aromatic heterocycles. The normalized spacial score (nSPS) is 11.2. The summed E-state index contributed by atoms with van der Waals surface area (Å²) in [6.07, 6.45) is -3.37. The van der Waals surface area contributed by atoms with Crippen LogP contribution < -0.4 is 19.6 Å². The van der Waals surface area contributed by atoms with Crippen molar-refractivity contribution in [3.63, 3.8) is 0 Å². The summed E-state index contributed by atoms with van der Waals surface area (Å²) in [7, 11) is 1.47. The van der Waals surface area contributed by atoms with Crippen LogP contribution >= 0.6 is 0 Å². The van der Waals surface area contributed by atoms with Crippen LogP contribution in [-0.4, -0.2) is 24.2 Å². The van der Waals surface area contributed by atoms with E-state index in [4.69, 9.17) is 14.2 Å². The number of ether oxygens (including phenoxy) is 3. The Kier molecular flexibility index (Phi) is 8.82. The first kappa shape index (κ1) is 28.6. The third-order valence-corrected chi connectivity index (χ3v) is 5.63. The van der Waals surface area contributed by atoms with Gasteiger partial charge in [0.25, 0.3) is 5.91 Å². The van der Waals surface area contributed by atoms with E-state index >= 15 is 0 Å². The summed E-state index contributed by atoms with van der Waals surface area (Å²) in [6.45, 7) is 0.331. The van der Waals surface area contributed by atoms with E-state index in [2.05, 4.69) is 10.5 Å². The van der Waals surface area contributed by atoms with Crippen molar-refractivity contribution in [2.75, 3.05) is 7.11 Å². The second kappa shape index (κ2) is 12.6. The van der Waals surface area contributed by atoms with Crippen molar-refractivity contribution in [3.8, 4) is 23.0 Å². The van der Waals surface area contributed by atoms with E-state index in [9.17, 15) is 28.1 Å². The molecular formula is C29H22F3N3O6. The molecule has 0 aliphatic rings. The lowest BCUT2D eigenvalue weighted by atomic mass is 10.2. The van der Waals surface area contributed by atoms with Crippen LogP contribution in [-0.2, 0) is 12.8 Å². The lowest BCUT2D eigenvalue weighted by Gasteiger charge is -2.12. The van der Waals surface area contributed by atoms with Crippen LogP contribution in [0.3, 0.4) is 0 Å². The van der Waals surface area contributed by atoms with Gasteiger partial charge < -0.3 is 14.2 Å². The summed E-state index contributed by atoms with van der Waals surface area (Å²) in [5.41, 5.74) is 2.23. The van der Waals surface area contributed by atoms with Gasteiger partial charge in [0.15, 0.2) is 11.5 Å². The number of nitrogens with one attached hydrogen (secondary N) is 1. The summed E-state index contributed by atoms with van der Waals surface area (Å²) in [6, 6.07) is 22.3. The molecule has 0 saturated heterocycles. The molecule has 0 saturated carbocycles. The third kappa shape index (κ3) is 7.60. The maximum Gasteiger partial charge on any atom is 0.416 e. The summed E-state index contributed by atoms with van der Waals surface area (Å²) in [5.74, 6) is 0.157. The Hall–Kier alpha value is -5.39. The number of benzene rings is 4. The molecule has 0 fully saturated rings. The highest BCUT2D eigenvalue weighted by Gasteiger charge is 2.33. The van der Waals surface area contributed by atoms with Crippen molar-refractivity contribution in [1.82, 2.24) is 5.43 Å². The van der Waals surface area contributed by atoms with Gasteiger partial charge in [0.05, 0.1) is 23.8 Å². The van der Waals surface area contributed by atoms with Crippen molar-refractivity contribution in [2.24, 2.45) is 5.10 Å². The van der Waals surface area contributed by atoms with Gasteiger partial charge in [0.2, 0.25) is 5.75 Å². The lowest BCUT2D eigenvalue weighted by molar-refractivity contribution is -0.385. The molecule has 4 rings (SSSR count). The third-order valence-electron chi connectivity index (χ3n) is 5.63. The Morgan fingerprint density at radius 1 is 0.951 bits per heavy atom. The lowest BCUT2D eigenvalue weighted by Crippen LogP contribution is -2.17. The summed E-state index contributed by atoms with van der Waals surface area (Å²) in [5, 5.41) is 15.2. The predicted molar refractivity (Wildman–Crippen MR) is 143 cm³/mol. The molecule has 12 heteroatoms. The summed E-state index contributed by atoms with van der Waals surface area (Å²) >= 11 is 0. The van der Waals surface area contributed by atoms with Gasteiger partial charge in [-0.3, -0.25) is 14.9 Å². The first-order valence-electron chi connectivity index (χ1n) is 12.0. The van der Waals surface area contributed by atoms with Gasteiger partial charge in [-0.15, -0.1) is 0 Å². The molecule has 0 bridgehead atoms. The average molecular weight is 566 g/mol. The number of hydrazone groups is 1. The van der Waals surface area contributed by atoms with E-state index in [-0.39, 0.29) is 17.1 Å². The number of alkyl halides is 3. The van der Waals surface area contributed by atoms with Crippen LogP contribution in [0.4, 0.5) is 18.9 Å². The highest BCUT2D eigenvalue weighted by Crippen LogP contribution is 2.37. The summed E-state index contributed by atoms with van der Waals surface area (Å²) < 4.78 is 55.3. The average Bonchev–Trinajstić information content (AvgIpc) is 2.97. The second-order valence-electron chi connectivity index (χ2n) is 8.45. The number of methoxy groups -OCH3 is 1. The maximum absolute atomic E-state index is 12.9. The minimum Gasteiger partial charge on any atom is -0.493 e. The standard InChI is InChI=1S/C29H22F3N3O6/c1-39-27-15-21(9-13-26(27)40-18-20-5-3-2-4-6-20)28(36)34-33-17-19-7-11-23(12-8-19)41-25-14-10-22(29(30,31)32)16-24(25)35(37)38/h2-17H,18H2,1H3,(H,34,36)/b33-17+. The molecule has 9 nitrogen and oxygen atoms in total. The highest BCUT2D eigenvalue weighted by molar-refractivity contribution is 5.95. The quantitative estimate of drug-likeness (QED) is 0.129. The van der Waals surface area contributed by atoms with E-state index < -0.39 is 28.3 Å². The van der Waals surface area contributed by atoms with Crippen molar-refractivity contribution in [3.05, 3.63) is 123 Å². The monoisotopic (exact) mass is 565 g/mol. The molecule has 4 aromatic rings. The molecule has 210 valence electrons.